The fraction of sp³-hybridized carbons (Fsp3) is 0.286. The van der Waals surface area contributed by atoms with Crippen LogP contribution in [-0.2, 0) is 6.18 Å². The van der Waals surface area contributed by atoms with Crippen molar-refractivity contribution in [3.8, 4) is 11.8 Å². The highest BCUT2D eigenvalue weighted by molar-refractivity contribution is 6.04. The average molecular weight is 534 g/mol. The molecule has 1 aliphatic heterocycles. The summed E-state index contributed by atoms with van der Waals surface area (Å²) in [6.07, 6.45) is 1.48. The van der Waals surface area contributed by atoms with Crippen LogP contribution in [0.1, 0.15) is 45.7 Å². The van der Waals surface area contributed by atoms with Gasteiger partial charge in [0.05, 0.1) is 17.3 Å². The highest BCUT2D eigenvalue weighted by Gasteiger charge is 2.36. The van der Waals surface area contributed by atoms with Gasteiger partial charge in [0.2, 0.25) is 0 Å². The number of hydrogen-bond donors (Lipinski definition) is 1. The zero-order valence-corrected chi connectivity index (χ0v) is 21.4. The van der Waals surface area contributed by atoms with Crippen LogP contribution in [0.5, 0.6) is 0 Å². The monoisotopic (exact) mass is 533 g/mol. The van der Waals surface area contributed by atoms with Gasteiger partial charge in [-0.2, -0.15) is 18.3 Å². The molecule has 1 amide bonds. The normalized spacial score (nSPS) is 15.5. The smallest absolute Gasteiger partial charge is 0.322 e. The second-order valence-electron chi connectivity index (χ2n) is 9.42. The number of aromatic nitrogens is 4. The Morgan fingerprint density at radius 2 is 1.85 bits per heavy atom. The van der Waals surface area contributed by atoms with E-state index in [1.165, 1.54) is 30.6 Å². The van der Waals surface area contributed by atoms with Gasteiger partial charge >= 0.3 is 6.18 Å². The number of halogens is 3. The fourth-order valence-corrected chi connectivity index (χ4v) is 4.54. The van der Waals surface area contributed by atoms with Crippen LogP contribution in [0.4, 0.5) is 18.9 Å². The first kappa shape index (κ1) is 26.3. The summed E-state index contributed by atoms with van der Waals surface area (Å²) in [4.78, 5) is 25.4. The molecule has 39 heavy (non-hydrogen) atoms. The van der Waals surface area contributed by atoms with Crippen LogP contribution in [0.15, 0.2) is 61.2 Å². The third-order valence-electron chi connectivity index (χ3n) is 6.77. The van der Waals surface area contributed by atoms with Gasteiger partial charge in [0.25, 0.3) is 5.91 Å². The van der Waals surface area contributed by atoms with Crippen molar-refractivity contribution in [1.82, 2.24) is 29.4 Å². The number of pyridine rings is 1. The number of alkyl halides is 3. The van der Waals surface area contributed by atoms with Crippen molar-refractivity contribution in [3.05, 3.63) is 89.1 Å². The van der Waals surface area contributed by atoms with Gasteiger partial charge in [-0.05, 0) is 55.8 Å². The Balaban J connectivity index is 1.35. The average Bonchev–Trinajstić information content (AvgIpc) is 3.35. The van der Waals surface area contributed by atoms with Crippen LogP contribution in [0.2, 0.25) is 0 Å². The Morgan fingerprint density at radius 1 is 1.05 bits per heavy atom. The highest BCUT2D eigenvalue weighted by Crippen LogP contribution is 2.38. The summed E-state index contributed by atoms with van der Waals surface area (Å²) in [5, 5.41) is 6.78. The van der Waals surface area contributed by atoms with Crippen molar-refractivity contribution < 1.29 is 18.0 Å². The molecule has 5 rings (SSSR count). The van der Waals surface area contributed by atoms with Crippen molar-refractivity contribution in [1.29, 1.82) is 0 Å². The van der Waals surface area contributed by atoms with E-state index in [4.69, 9.17) is 0 Å². The van der Waals surface area contributed by atoms with E-state index in [1.54, 1.807) is 36.0 Å². The van der Waals surface area contributed by atoms with E-state index < -0.39 is 23.7 Å². The van der Waals surface area contributed by atoms with E-state index in [1.807, 2.05) is 11.9 Å². The van der Waals surface area contributed by atoms with Crippen molar-refractivity contribution >= 4 is 17.2 Å². The Labute approximate surface area is 223 Å². The van der Waals surface area contributed by atoms with Crippen LogP contribution in [0.3, 0.4) is 0 Å². The van der Waals surface area contributed by atoms with Gasteiger partial charge in [0, 0.05) is 62.1 Å². The molecule has 1 aromatic carbocycles. The van der Waals surface area contributed by atoms with Gasteiger partial charge in [-0.1, -0.05) is 12.0 Å². The van der Waals surface area contributed by atoms with E-state index in [0.717, 1.165) is 19.2 Å². The number of benzene rings is 1. The molecule has 0 unspecified atom stereocenters. The summed E-state index contributed by atoms with van der Waals surface area (Å²) in [5.74, 6) is 5.30. The minimum Gasteiger partial charge on any atom is -0.322 e. The zero-order valence-electron chi connectivity index (χ0n) is 21.4. The molecule has 200 valence electrons. The van der Waals surface area contributed by atoms with Gasteiger partial charge in [-0.15, -0.1) is 0 Å². The molecular formula is C28H26F3N7O. The van der Waals surface area contributed by atoms with Crippen molar-refractivity contribution in [2.24, 2.45) is 0 Å². The highest BCUT2D eigenvalue weighted by atomic mass is 19.4. The summed E-state index contributed by atoms with van der Waals surface area (Å²) < 4.78 is 43.8. The standard InChI is InChI=1S/C28H26F3N7O/c1-19(37-12-10-36(2)11-13-37)24-8-6-22(15-25(24)28(29,30)31)35-27(39)21-14-20(16-32-17-21)5-7-23-18-33-26-4-3-9-34-38(23)26/h3-4,6,8-9,14-19H,10-13H2,1-2H3,(H,35,39)/t19-/m1/s1. The van der Waals surface area contributed by atoms with Gasteiger partial charge in [-0.3, -0.25) is 14.7 Å². The lowest BCUT2D eigenvalue weighted by Gasteiger charge is -2.37. The number of amides is 1. The number of nitrogens with zero attached hydrogens (tertiary/aromatic N) is 6. The second-order valence-corrected chi connectivity index (χ2v) is 9.42. The molecule has 3 aromatic heterocycles. The number of likely N-dealkylation sites (N-methyl/N-ethyl adjacent to an activating group) is 1. The molecule has 4 aromatic rings. The van der Waals surface area contributed by atoms with E-state index in [0.29, 0.717) is 30.0 Å². The number of nitrogens with one attached hydrogen (secondary N) is 1. The molecule has 0 aliphatic carbocycles. The van der Waals surface area contributed by atoms with Gasteiger partial charge < -0.3 is 10.2 Å². The lowest BCUT2D eigenvalue weighted by molar-refractivity contribution is -0.138. The maximum absolute atomic E-state index is 14.1. The van der Waals surface area contributed by atoms with E-state index in [-0.39, 0.29) is 16.8 Å². The number of carbonyl (C=O) groups is 1. The quantitative estimate of drug-likeness (QED) is 0.398. The predicted molar refractivity (Wildman–Crippen MR) is 140 cm³/mol. The van der Waals surface area contributed by atoms with Crippen molar-refractivity contribution in [2.45, 2.75) is 19.1 Å². The molecular weight excluding hydrogens is 507 g/mol. The topological polar surface area (TPSA) is 78.7 Å². The van der Waals surface area contributed by atoms with Crippen LogP contribution < -0.4 is 5.32 Å². The predicted octanol–water partition coefficient (Wildman–Crippen LogP) is 4.10. The largest absolute Gasteiger partial charge is 0.416 e. The Morgan fingerprint density at radius 3 is 2.62 bits per heavy atom. The zero-order chi connectivity index (χ0) is 27.6. The minimum absolute atomic E-state index is 0.0509. The van der Waals surface area contributed by atoms with Gasteiger partial charge in [0.15, 0.2) is 5.65 Å². The lowest BCUT2D eigenvalue weighted by atomic mass is 9.98. The Kier molecular flexibility index (Phi) is 7.32. The van der Waals surface area contributed by atoms with Crippen LogP contribution in [0, 0.1) is 11.8 Å². The molecule has 1 N–H and O–H groups in total. The fourth-order valence-electron chi connectivity index (χ4n) is 4.54. The molecule has 4 heterocycles. The number of hydrogen-bond acceptors (Lipinski definition) is 6. The van der Waals surface area contributed by atoms with E-state index >= 15 is 0 Å². The summed E-state index contributed by atoms with van der Waals surface area (Å²) in [5.41, 5.74) is 1.32. The number of carbonyl (C=O) groups excluding carboxylic acids is 1. The van der Waals surface area contributed by atoms with Gasteiger partial charge in [-0.25, -0.2) is 9.50 Å². The molecule has 8 nitrogen and oxygen atoms in total. The number of piperazine rings is 1. The number of imidazole rings is 1. The minimum atomic E-state index is -4.57. The molecule has 1 fully saturated rings. The molecule has 0 radical (unpaired) electrons. The summed E-state index contributed by atoms with van der Waals surface area (Å²) in [7, 11) is 2.00. The molecule has 1 saturated heterocycles. The number of rotatable bonds is 4. The first-order valence-electron chi connectivity index (χ1n) is 12.4. The first-order chi connectivity index (χ1) is 18.7. The molecule has 1 atom stereocenters. The molecule has 11 heteroatoms. The summed E-state index contributed by atoms with van der Waals surface area (Å²) in [6.45, 7) is 4.76. The maximum Gasteiger partial charge on any atom is 0.416 e. The Bertz CT molecular complexity index is 1560. The summed E-state index contributed by atoms with van der Waals surface area (Å²) >= 11 is 0. The Hall–Kier alpha value is -4.27. The number of anilines is 1. The van der Waals surface area contributed by atoms with Crippen LogP contribution >= 0.6 is 0 Å². The van der Waals surface area contributed by atoms with Crippen molar-refractivity contribution in [3.63, 3.8) is 0 Å². The number of fused-ring (bicyclic) bond motifs is 1. The molecule has 0 saturated carbocycles. The van der Waals surface area contributed by atoms with Crippen LogP contribution in [-0.4, -0.2) is 68.5 Å². The lowest BCUT2D eigenvalue weighted by Crippen LogP contribution is -2.45. The molecule has 0 bridgehead atoms. The molecule has 1 aliphatic rings. The maximum atomic E-state index is 14.1. The SMILES string of the molecule is C[C@H](c1ccc(NC(=O)c2cncc(C#Cc3cnc4cccnn34)c2)cc1C(F)(F)F)N1CCN(C)CC1. The van der Waals surface area contributed by atoms with E-state index in [9.17, 15) is 18.0 Å². The van der Waals surface area contributed by atoms with Crippen LogP contribution in [0.25, 0.3) is 5.65 Å². The third kappa shape index (κ3) is 5.92. The molecule has 0 spiro atoms. The third-order valence-corrected chi connectivity index (χ3v) is 6.77. The second kappa shape index (κ2) is 10.8. The van der Waals surface area contributed by atoms with E-state index in [2.05, 4.69) is 37.1 Å². The van der Waals surface area contributed by atoms with Gasteiger partial charge in [0.1, 0.15) is 5.69 Å². The van der Waals surface area contributed by atoms with Crippen molar-refractivity contribution in [2.75, 3.05) is 38.5 Å². The first-order valence-corrected chi connectivity index (χ1v) is 12.4. The summed E-state index contributed by atoms with van der Waals surface area (Å²) in [6, 6.07) is 8.63.